The molecule has 1 saturated heterocycles. The Labute approximate surface area is 135 Å². The molecule has 1 fully saturated rings. The first-order chi connectivity index (χ1) is 11.2. The highest BCUT2D eigenvalue weighted by atomic mass is 16.5. The first kappa shape index (κ1) is 15.7. The summed E-state index contributed by atoms with van der Waals surface area (Å²) in [6.07, 6.45) is 4.44. The summed E-state index contributed by atoms with van der Waals surface area (Å²) in [5, 5.41) is 10.6. The number of nitrogens with one attached hydrogen (secondary N) is 2. The van der Waals surface area contributed by atoms with E-state index < -0.39 is 5.41 Å². The molecule has 122 valence electrons. The van der Waals surface area contributed by atoms with Crippen LogP contribution in [0.15, 0.2) is 42.7 Å². The van der Waals surface area contributed by atoms with Gasteiger partial charge in [-0.2, -0.15) is 5.10 Å². The van der Waals surface area contributed by atoms with E-state index in [1.807, 2.05) is 41.2 Å². The number of hydrogen-bond donors (Lipinski definition) is 2. The van der Waals surface area contributed by atoms with Gasteiger partial charge >= 0.3 is 0 Å². The van der Waals surface area contributed by atoms with Crippen molar-refractivity contribution in [1.29, 1.82) is 0 Å². The van der Waals surface area contributed by atoms with E-state index in [1.54, 1.807) is 13.3 Å². The third-order valence-corrected chi connectivity index (χ3v) is 4.33. The molecule has 1 aliphatic rings. The molecule has 1 aromatic carbocycles. The number of benzene rings is 1. The molecule has 0 saturated carbocycles. The van der Waals surface area contributed by atoms with E-state index in [1.165, 1.54) is 0 Å². The molecule has 6 nitrogen and oxygen atoms in total. The van der Waals surface area contributed by atoms with Crippen LogP contribution in [0.5, 0.6) is 0 Å². The fourth-order valence-electron chi connectivity index (χ4n) is 3.06. The lowest BCUT2D eigenvalue weighted by molar-refractivity contribution is -0.133. The number of nitrogens with zero attached hydrogens (tertiary/aromatic N) is 2. The Balaban J connectivity index is 1.72. The van der Waals surface area contributed by atoms with Gasteiger partial charge in [-0.3, -0.25) is 4.79 Å². The maximum Gasteiger partial charge on any atom is 0.230 e. The number of ether oxygens (including phenoxy) is 1. The number of hydrogen-bond acceptors (Lipinski definition) is 4. The summed E-state index contributed by atoms with van der Waals surface area (Å²) >= 11 is 0. The zero-order valence-corrected chi connectivity index (χ0v) is 13.3. The predicted molar refractivity (Wildman–Crippen MR) is 87.2 cm³/mol. The van der Waals surface area contributed by atoms with E-state index in [9.17, 15) is 4.79 Å². The average molecular weight is 314 g/mol. The highest BCUT2D eigenvalue weighted by molar-refractivity contribution is 5.83. The molecule has 2 heterocycles. The maximum atomic E-state index is 12.7. The molecule has 0 aliphatic carbocycles. The van der Waals surface area contributed by atoms with Crippen molar-refractivity contribution in [3.8, 4) is 5.69 Å². The summed E-state index contributed by atoms with van der Waals surface area (Å²) in [5.74, 6) is 0.0413. The third kappa shape index (κ3) is 3.28. The second-order valence-electron chi connectivity index (χ2n) is 5.90. The number of carbonyl (C=O) groups excluding carboxylic acids is 1. The maximum absolute atomic E-state index is 12.7. The minimum atomic E-state index is -0.463. The number of aromatic nitrogens is 2. The molecule has 0 spiro atoms. The minimum absolute atomic E-state index is 0.0413. The summed E-state index contributed by atoms with van der Waals surface area (Å²) < 4.78 is 7.08. The van der Waals surface area contributed by atoms with Crippen molar-refractivity contribution in [2.24, 2.45) is 5.41 Å². The van der Waals surface area contributed by atoms with Gasteiger partial charge in [0.25, 0.3) is 0 Å². The van der Waals surface area contributed by atoms with Crippen LogP contribution in [0.25, 0.3) is 5.69 Å². The second kappa shape index (κ2) is 6.93. The Hall–Kier alpha value is -2.18. The Morgan fingerprint density at radius 1 is 1.43 bits per heavy atom. The van der Waals surface area contributed by atoms with Gasteiger partial charge in [-0.25, -0.2) is 4.68 Å². The van der Waals surface area contributed by atoms with Crippen molar-refractivity contribution in [3.05, 3.63) is 48.3 Å². The monoisotopic (exact) mass is 314 g/mol. The quantitative estimate of drug-likeness (QED) is 0.838. The summed E-state index contributed by atoms with van der Waals surface area (Å²) in [4.78, 5) is 12.7. The second-order valence-corrected chi connectivity index (χ2v) is 5.90. The Morgan fingerprint density at radius 2 is 2.30 bits per heavy atom. The fraction of sp³-hybridized carbons (Fsp3) is 0.412. The van der Waals surface area contributed by atoms with E-state index in [0.717, 1.165) is 24.2 Å². The lowest BCUT2D eigenvalue weighted by Crippen LogP contribution is -2.45. The summed E-state index contributed by atoms with van der Waals surface area (Å²) in [6, 6.07) is 9.82. The zero-order chi connectivity index (χ0) is 16.1. The van der Waals surface area contributed by atoms with Crippen molar-refractivity contribution >= 4 is 5.91 Å². The standard InChI is InChI=1S/C17H22N4O2/c1-23-13-17(7-9-18-12-17)16(22)19-11-14-5-2-3-6-15(14)21-10-4-8-20-21/h2-6,8,10,18H,7,9,11-13H2,1H3,(H,19,22)/t17-/m1/s1. The van der Waals surface area contributed by atoms with E-state index in [4.69, 9.17) is 4.74 Å². The van der Waals surface area contributed by atoms with Crippen LogP contribution in [-0.2, 0) is 16.1 Å². The molecule has 1 aromatic heterocycles. The lowest BCUT2D eigenvalue weighted by atomic mass is 9.87. The van der Waals surface area contributed by atoms with E-state index in [0.29, 0.717) is 19.7 Å². The number of rotatable bonds is 6. The van der Waals surface area contributed by atoms with Crippen LogP contribution in [0.3, 0.4) is 0 Å². The van der Waals surface area contributed by atoms with E-state index in [-0.39, 0.29) is 5.91 Å². The molecule has 3 rings (SSSR count). The summed E-state index contributed by atoms with van der Waals surface area (Å²) in [5.41, 5.74) is 1.54. The van der Waals surface area contributed by atoms with E-state index >= 15 is 0 Å². The van der Waals surface area contributed by atoms with Crippen LogP contribution in [0, 0.1) is 5.41 Å². The Kier molecular flexibility index (Phi) is 4.73. The first-order valence-corrected chi connectivity index (χ1v) is 7.81. The molecule has 2 aromatic rings. The third-order valence-electron chi connectivity index (χ3n) is 4.33. The van der Waals surface area contributed by atoms with Gasteiger partial charge in [0.1, 0.15) is 0 Å². The highest BCUT2D eigenvalue weighted by Gasteiger charge is 2.41. The average Bonchev–Trinajstić information content (AvgIpc) is 3.25. The van der Waals surface area contributed by atoms with Crippen molar-refractivity contribution < 1.29 is 9.53 Å². The smallest absolute Gasteiger partial charge is 0.230 e. The molecular formula is C17H22N4O2. The van der Waals surface area contributed by atoms with Crippen LogP contribution < -0.4 is 10.6 Å². The van der Waals surface area contributed by atoms with Crippen LogP contribution in [0.1, 0.15) is 12.0 Å². The SMILES string of the molecule is COC[C@@]1(C(=O)NCc2ccccc2-n2cccn2)CCNC1. The molecule has 0 radical (unpaired) electrons. The van der Waals surface area contributed by atoms with Gasteiger partial charge in [-0.15, -0.1) is 0 Å². The van der Waals surface area contributed by atoms with Gasteiger partial charge in [0.05, 0.1) is 17.7 Å². The van der Waals surface area contributed by atoms with Gasteiger partial charge in [0, 0.05) is 32.6 Å². The molecule has 6 heteroatoms. The summed E-state index contributed by atoms with van der Waals surface area (Å²) in [6.45, 7) is 2.42. The van der Waals surface area contributed by atoms with Crippen LogP contribution in [-0.4, -0.2) is 42.5 Å². The van der Waals surface area contributed by atoms with Gasteiger partial charge < -0.3 is 15.4 Å². The number of amides is 1. The first-order valence-electron chi connectivity index (χ1n) is 7.81. The molecule has 2 N–H and O–H groups in total. The molecule has 23 heavy (non-hydrogen) atoms. The normalized spacial score (nSPS) is 20.6. The zero-order valence-electron chi connectivity index (χ0n) is 13.3. The van der Waals surface area contributed by atoms with Crippen LogP contribution >= 0.6 is 0 Å². The van der Waals surface area contributed by atoms with Gasteiger partial charge in [-0.1, -0.05) is 18.2 Å². The van der Waals surface area contributed by atoms with Gasteiger partial charge in [0.15, 0.2) is 0 Å². The van der Waals surface area contributed by atoms with Crippen molar-refractivity contribution in [2.75, 3.05) is 26.8 Å². The van der Waals surface area contributed by atoms with Crippen LogP contribution in [0.2, 0.25) is 0 Å². The van der Waals surface area contributed by atoms with Gasteiger partial charge in [0.2, 0.25) is 5.91 Å². The van der Waals surface area contributed by atoms with Crippen molar-refractivity contribution in [2.45, 2.75) is 13.0 Å². The predicted octanol–water partition coefficient (Wildman–Crippen LogP) is 1.11. The van der Waals surface area contributed by atoms with Crippen LogP contribution in [0.4, 0.5) is 0 Å². The Bertz CT molecular complexity index is 648. The Morgan fingerprint density at radius 3 is 3.00 bits per heavy atom. The highest BCUT2D eigenvalue weighted by Crippen LogP contribution is 2.26. The largest absolute Gasteiger partial charge is 0.384 e. The molecule has 1 amide bonds. The van der Waals surface area contributed by atoms with Crippen molar-refractivity contribution in [3.63, 3.8) is 0 Å². The number of para-hydroxylation sites is 1. The number of methoxy groups -OCH3 is 1. The molecule has 0 unspecified atom stereocenters. The molecular weight excluding hydrogens is 292 g/mol. The summed E-state index contributed by atoms with van der Waals surface area (Å²) in [7, 11) is 1.64. The molecule has 1 aliphatic heterocycles. The lowest BCUT2D eigenvalue weighted by Gasteiger charge is -2.26. The topological polar surface area (TPSA) is 68.2 Å². The van der Waals surface area contributed by atoms with Crippen molar-refractivity contribution in [1.82, 2.24) is 20.4 Å². The number of carbonyl (C=O) groups is 1. The minimum Gasteiger partial charge on any atom is -0.384 e. The molecule has 0 bridgehead atoms. The fourth-order valence-corrected chi connectivity index (χ4v) is 3.06. The molecule has 1 atom stereocenters. The van der Waals surface area contributed by atoms with Gasteiger partial charge in [-0.05, 0) is 30.7 Å². The van der Waals surface area contributed by atoms with E-state index in [2.05, 4.69) is 15.7 Å².